The average Bonchev–Trinajstić information content (AvgIpc) is 2.17. The molecule has 0 saturated heterocycles. The molecule has 0 aliphatic heterocycles. The van der Waals surface area contributed by atoms with Crippen LogP contribution < -0.4 is 0 Å². The normalized spacial score (nSPS) is 11.4. The maximum atomic E-state index is 8.89. The van der Waals surface area contributed by atoms with Crippen LogP contribution in [0.4, 0.5) is 0 Å². The molecule has 2 nitrogen and oxygen atoms in total. The largest absolute Gasteiger partial charge is 0.304 e. The van der Waals surface area contributed by atoms with Crippen LogP contribution in [0.25, 0.3) is 6.08 Å². The Labute approximate surface area is 85.1 Å². The van der Waals surface area contributed by atoms with Crippen molar-refractivity contribution in [3.05, 3.63) is 41.5 Å². The molecule has 0 atom stereocenters. The van der Waals surface area contributed by atoms with Crippen molar-refractivity contribution in [1.29, 1.82) is 5.26 Å². The summed E-state index contributed by atoms with van der Waals surface area (Å²) >= 11 is 0. The molecule has 1 aromatic rings. The molecule has 0 radical (unpaired) electrons. The second-order valence-electron chi connectivity index (χ2n) is 3.43. The monoisotopic (exact) mass is 186 g/mol. The zero-order valence-electron chi connectivity index (χ0n) is 8.57. The van der Waals surface area contributed by atoms with Gasteiger partial charge < -0.3 is 4.90 Å². The van der Waals surface area contributed by atoms with Gasteiger partial charge in [0.1, 0.15) is 0 Å². The second-order valence-corrected chi connectivity index (χ2v) is 3.43. The first-order valence-electron chi connectivity index (χ1n) is 4.53. The van der Waals surface area contributed by atoms with Gasteiger partial charge >= 0.3 is 0 Å². The van der Waals surface area contributed by atoms with Crippen LogP contribution in [0.2, 0.25) is 0 Å². The second kappa shape index (κ2) is 5.21. The van der Waals surface area contributed by atoms with E-state index in [-0.39, 0.29) is 0 Å². The van der Waals surface area contributed by atoms with Crippen LogP contribution in [0.15, 0.2) is 35.9 Å². The Morgan fingerprint density at radius 2 is 2.00 bits per heavy atom. The van der Waals surface area contributed by atoms with Gasteiger partial charge in [-0.2, -0.15) is 5.26 Å². The van der Waals surface area contributed by atoms with E-state index in [1.165, 1.54) is 0 Å². The molecule has 0 aromatic heterocycles. The van der Waals surface area contributed by atoms with Crippen molar-refractivity contribution in [2.75, 3.05) is 20.6 Å². The van der Waals surface area contributed by atoms with Gasteiger partial charge in [-0.1, -0.05) is 30.3 Å². The van der Waals surface area contributed by atoms with E-state index in [9.17, 15) is 0 Å². The Balaban J connectivity index is 2.80. The molecule has 0 aliphatic rings. The standard InChI is InChI=1S/C12H14N2/c1-14(2)10-12(9-13)8-11-6-4-3-5-7-11/h3-8H,10H2,1-2H3. The lowest BCUT2D eigenvalue weighted by atomic mass is 10.1. The lowest BCUT2D eigenvalue weighted by Crippen LogP contribution is -2.14. The van der Waals surface area contributed by atoms with Crippen molar-refractivity contribution in [1.82, 2.24) is 4.90 Å². The van der Waals surface area contributed by atoms with Gasteiger partial charge in [-0.25, -0.2) is 0 Å². The van der Waals surface area contributed by atoms with E-state index >= 15 is 0 Å². The van der Waals surface area contributed by atoms with Crippen molar-refractivity contribution in [3.63, 3.8) is 0 Å². The molecular formula is C12H14N2. The van der Waals surface area contributed by atoms with E-state index in [0.717, 1.165) is 11.1 Å². The minimum Gasteiger partial charge on any atom is -0.304 e. The van der Waals surface area contributed by atoms with Gasteiger partial charge in [-0.15, -0.1) is 0 Å². The molecule has 0 unspecified atom stereocenters. The molecule has 0 aliphatic carbocycles. The molecule has 2 heteroatoms. The van der Waals surface area contributed by atoms with Crippen molar-refractivity contribution in [2.45, 2.75) is 0 Å². The molecule has 0 saturated carbocycles. The van der Waals surface area contributed by atoms with Crippen LogP contribution in [0.3, 0.4) is 0 Å². The lowest BCUT2D eigenvalue weighted by Gasteiger charge is -2.07. The summed E-state index contributed by atoms with van der Waals surface area (Å²) in [6.07, 6.45) is 1.92. The molecule has 14 heavy (non-hydrogen) atoms. The molecule has 0 fully saturated rings. The van der Waals surface area contributed by atoms with Crippen LogP contribution in [0, 0.1) is 11.3 Å². The first-order valence-corrected chi connectivity index (χ1v) is 4.53. The third-order valence-corrected chi connectivity index (χ3v) is 1.77. The highest BCUT2D eigenvalue weighted by Crippen LogP contribution is 2.06. The fourth-order valence-corrected chi connectivity index (χ4v) is 1.20. The van der Waals surface area contributed by atoms with E-state index in [2.05, 4.69) is 6.07 Å². The minimum absolute atomic E-state index is 0.686. The molecule has 0 heterocycles. The Bertz CT molecular complexity index is 344. The van der Waals surface area contributed by atoms with Crippen molar-refractivity contribution < 1.29 is 0 Å². The molecule has 1 rings (SSSR count). The molecule has 72 valence electrons. The molecule has 1 aromatic carbocycles. The van der Waals surface area contributed by atoms with Gasteiger partial charge in [-0.3, -0.25) is 0 Å². The quantitative estimate of drug-likeness (QED) is 0.676. The van der Waals surface area contributed by atoms with Gasteiger partial charge in [0.25, 0.3) is 0 Å². The topological polar surface area (TPSA) is 27.0 Å². The number of benzene rings is 1. The van der Waals surface area contributed by atoms with E-state index in [0.29, 0.717) is 6.54 Å². The Hall–Kier alpha value is -1.59. The van der Waals surface area contributed by atoms with E-state index in [4.69, 9.17) is 5.26 Å². The summed E-state index contributed by atoms with van der Waals surface area (Å²) in [5.41, 5.74) is 1.85. The summed E-state index contributed by atoms with van der Waals surface area (Å²) < 4.78 is 0. The summed E-state index contributed by atoms with van der Waals surface area (Å²) in [7, 11) is 3.91. The first-order chi connectivity index (χ1) is 6.72. The summed E-state index contributed by atoms with van der Waals surface area (Å²) in [4.78, 5) is 1.98. The summed E-state index contributed by atoms with van der Waals surface area (Å²) in [5.74, 6) is 0. The van der Waals surface area contributed by atoms with E-state index in [1.54, 1.807) is 0 Å². The Morgan fingerprint density at radius 1 is 1.36 bits per heavy atom. The highest BCUT2D eigenvalue weighted by Gasteiger charge is 1.97. The Kier molecular flexibility index (Phi) is 3.90. The highest BCUT2D eigenvalue weighted by molar-refractivity contribution is 5.57. The summed E-state index contributed by atoms with van der Waals surface area (Å²) in [6, 6.07) is 12.1. The maximum absolute atomic E-state index is 8.89. The van der Waals surface area contributed by atoms with Gasteiger partial charge in [0, 0.05) is 12.1 Å². The number of hydrogen-bond donors (Lipinski definition) is 0. The summed E-state index contributed by atoms with van der Waals surface area (Å²) in [5, 5.41) is 8.89. The van der Waals surface area contributed by atoms with Crippen LogP contribution in [-0.2, 0) is 0 Å². The third-order valence-electron chi connectivity index (χ3n) is 1.77. The van der Waals surface area contributed by atoms with Crippen LogP contribution in [0.5, 0.6) is 0 Å². The zero-order valence-corrected chi connectivity index (χ0v) is 8.57. The first kappa shape index (κ1) is 10.5. The van der Waals surface area contributed by atoms with Gasteiger partial charge in [0.2, 0.25) is 0 Å². The smallest absolute Gasteiger partial charge is 0.0961 e. The average molecular weight is 186 g/mol. The van der Waals surface area contributed by atoms with Gasteiger partial charge in [-0.05, 0) is 25.7 Å². The lowest BCUT2D eigenvalue weighted by molar-refractivity contribution is 0.451. The fourth-order valence-electron chi connectivity index (χ4n) is 1.20. The number of rotatable bonds is 3. The molecule has 0 N–H and O–H groups in total. The molecular weight excluding hydrogens is 172 g/mol. The number of nitriles is 1. The highest BCUT2D eigenvalue weighted by atomic mass is 15.0. The minimum atomic E-state index is 0.686. The number of hydrogen-bond acceptors (Lipinski definition) is 2. The molecule has 0 amide bonds. The number of likely N-dealkylation sites (N-methyl/N-ethyl adjacent to an activating group) is 1. The zero-order chi connectivity index (χ0) is 10.4. The maximum Gasteiger partial charge on any atom is 0.0961 e. The van der Waals surface area contributed by atoms with Gasteiger partial charge in [0.15, 0.2) is 0 Å². The van der Waals surface area contributed by atoms with E-state index < -0.39 is 0 Å². The van der Waals surface area contributed by atoms with Crippen LogP contribution in [-0.4, -0.2) is 25.5 Å². The van der Waals surface area contributed by atoms with E-state index in [1.807, 2.05) is 55.4 Å². The van der Waals surface area contributed by atoms with Crippen LogP contribution in [0.1, 0.15) is 5.56 Å². The Morgan fingerprint density at radius 3 is 2.50 bits per heavy atom. The molecule has 0 bridgehead atoms. The SMILES string of the molecule is CN(C)CC(C#N)=Cc1ccccc1. The van der Waals surface area contributed by atoms with Crippen LogP contribution >= 0.6 is 0 Å². The third kappa shape index (κ3) is 3.42. The predicted molar refractivity (Wildman–Crippen MR) is 58.6 cm³/mol. The number of nitrogens with zero attached hydrogens (tertiary/aromatic N) is 2. The van der Waals surface area contributed by atoms with Crippen molar-refractivity contribution in [3.8, 4) is 6.07 Å². The van der Waals surface area contributed by atoms with Crippen molar-refractivity contribution >= 4 is 6.08 Å². The molecule has 0 spiro atoms. The summed E-state index contributed by atoms with van der Waals surface area (Å²) in [6.45, 7) is 0.686. The predicted octanol–water partition coefficient (Wildman–Crippen LogP) is 2.16. The van der Waals surface area contributed by atoms with Crippen molar-refractivity contribution in [2.24, 2.45) is 0 Å². The van der Waals surface area contributed by atoms with Gasteiger partial charge in [0.05, 0.1) is 6.07 Å². The fraction of sp³-hybridized carbons (Fsp3) is 0.250.